The fraction of sp³-hybridized carbons (Fsp3) is 0.727. The zero-order valence-electron chi connectivity index (χ0n) is 17.4. The number of aromatic nitrogens is 1. The summed E-state index contributed by atoms with van der Waals surface area (Å²) in [5.74, 6) is 0.208. The Morgan fingerprint density at radius 3 is 2.32 bits per heavy atom. The van der Waals surface area contributed by atoms with Crippen LogP contribution >= 0.6 is 0 Å². The number of ketones is 1. The SMILES string of the molecule is Cc1cc(C(=O)CN2CCN(C(=O)NC3CCCCC3)CC2)c(C)n1C1CC1. The summed E-state index contributed by atoms with van der Waals surface area (Å²) in [7, 11) is 0. The molecule has 1 aromatic heterocycles. The minimum atomic E-state index is 0.0749. The van der Waals surface area contributed by atoms with Gasteiger partial charge in [0.05, 0.1) is 6.54 Å². The molecule has 2 aliphatic carbocycles. The molecule has 154 valence electrons. The summed E-state index contributed by atoms with van der Waals surface area (Å²) in [5, 5.41) is 3.20. The Kier molecular flexibility index (Phi) is 5.76. The molecule has 2 amide bonds. The second-order valence-corrected chi connectivity index (χ2v) is 8.86. The van der Waals surface area contributed by atoms with E-state index >= 15 is 0 Å². The van der Waals surface area contributed by atoms with Gasteiger partial charge in [-0.3, -0.25) is 9.69 Å². The third-order valence-corrected chi connectivity index (χ3v) is 6.66. The topological polar surface area (TPSA) is 57.6 Å². The van der Waals surface area contributed by atoms with Crippen LogP contribution in [-0.2, 0) is 0 Å². The van der Waals surface area contributed by atoms with Gasteiger partial charge in [-0.1, -0.05) is 19.3 Å². The van der Waals surface area contributed by atoms with E-state index in [2.05, 4.69) is 34.7 Å². The molecular formula is C22H34N4O2. The number of nitrogens with one attached hydrogen (secondary N) is 1. The van der Waals surface area contributed by atoms with Crippen molar-refractivity contribution in [2.75, 3.05) is 32.7 Å². The summed E-state index contributed by atoms with van der Waals surface area (Å²) in [6.07, 6.45) is 8.43. The van der Waals surface area contributed by atoms with Crippen molar-refractivity contribution in [1.82, 2.24) is 19.7 Å². The van der Waals surface area contributed by atoms with E-state index in [0.717, 1.165) is 37.2 Å². The fourth-order valence-electron chi connectivity index (χ4n) is 4.86. The van der Waals surface area contributed by atoms with E-state index in [1.165, 1.54) is 37.8 Å². The number of urea groups is 1. The third-order valence-electron chi connectivity index (χ3n) is 6.66. The van der Waals surface area contributed by atoms with Crippen molar-refractivity contribution in [3.8, 4) is 0 Å². The molecule has 3 aliphatic rings. The minimum Gasteiger partial charge on any atom is -0.345 e. The first-order chi connectivity index (χ1) is 13.5. The summed E-state index contributed by atoms with van der Waals surface area (Å²) in [4.78, 5) is 29.5. The molecule has 0 aromatic carbocycles. The Morgan fingerprint density at radius 1 is 1.00 bits per heavy atom. The van der Waals surface area contributed by atoms with Gasteiger partial charge in [0.1, 0.15) is 0 Å². The van der Waals surface area contributed by atoms with Gasteiger partial charge in [-0.25, -0.2) is 4.79 Å². The summed E-state index contributed by atoms with van der Waals surface area (Å²) >= 11 is 0. The van der Waals surface area contributed by atoms with Crippen LogP contribution in [0.25, 0.3) is 0 Å². The number of carbonyl (C=O) groups excluding carboxylic acids is 2. The monoisotopic (exact) mass is 386 g/mol. The van der Waals surface area contributed by atoms with Gasteiger partial charge in [-0.15, -0.1) is 0 Å². The Labute approximate surface area is 168 Å². The maximum atomic E-state index is 12.9. The van der Waals surface area contributed by atoms with Crippen molar-refractivity contribution in [3.63, 3.8) is 0 Å². The van der Waals surface area contributed by atoms with Crippen LogP contribution in [0, 0.1) is 13.8 Å². The Balaban J connectivity index is 1.26. The molecule has 1 saturated heterocycles. The van der Waals surface area contributed by atoms with Gasteiger partial charge >= 0.3 is 6.03 Å². The highest BCUT2D eigenvalue weighted by atomic mass is 16.2. The molecule has 0 atom stereocenters. The molecule has 1 aromatic rings. The number of rotatable bonds is 5. The molecule has 0 spiro atoms. The van der Waals surface area contributed by atoms with Crippen LogP contribution in [0.5, 0.6) is 0 Å². The molecule has 1 N–H and O–H groups in total. The summed E-state index contributed by atoms with van der Waals surface area (Å²) in [5.41, 5.74) is 3.20. The molecular weight excluding hydrogens is 352 g/mol. The second-order valence-electron chi connectivity index (χ2n) is 8.86. The van der Waals surface area contributed by atoms with Crippen LogP contribution in [0.15, 0.2) is 6.07 Å². The van der Waals surface area contributed by atoms with E-state index in [4.69, 9.17) is 0 Å². The highest BCUT2D eigenvalue weighted by Gasteiger charge is 2.29. The number of Topliss-reactive ketones (excluding diaryl/α,β-unsaturated/α-hetero) is 1. The number of carbonyl (C=O) groups is 2. The van der Waals surface area contributed by atoms with Gasteiger partial charge < -0.3 is 14.8 Å². The maximum Gasteiger partial charge on any atom is 0.317 e. The zero-order chi connectivity index (χ0) is 19.7. The largest absolute Gasteiger partial charge is 0.345 e. The molecule has 6 heteroatoms. The maximum absolute atomic E-state index is 12.9. The zero-order valence-corrected chi connectivity index (χ0v) is 17.4. The quantitative estimate of drug-likeness (QED) is 0.790. The highest BCUT2D eigenvalue weighted by molar-refractivity contribution is 5.99. The molecule has 28 heavy (non-hydrogen) atoms. The smallest absolute Gasteiger partial charge is 0.317 e. The van der Waals surface area contributed by atoms with Gasteiger partial charge in [0.2, 0.25) is 0 Å². The Hall–Kier alpha value is -1.82. The summed E-state index contributed by atoms with van der Waals surface area (Å²) in [6.45, 7) is 7.57. The van der Waals surface area contributed by atoms with E-state index in [1.54, 1.807) is 0 Å². The van der Waals surface area contributed by atoms with Crippen LogP contribution in [0.4, 0.5) is 4.79 Å². The number of hydrogen-bond acceptors (Lipinski definition) is 3. The lowest BCUT2D eigenvalue weighted by molar-refractivity contribution is 0.0875. The van der Waals surface area contributed by atoms with Gasteiger partial charge in [-0.2, -0.15) is 0 Å². The number of hydrogen-bond donors (Lipinski definition) is 1. The van der Waals surface area contributed by atoms with Crippen molar-refractivity contribution >= 4 is 11.8 Å². The fourth-order valence-corrected chi connectivity index (χ4v) is 4.86. The molecule has 0 radical (unpaired) electrons. The predicted octanol–water partition coefficient (Wildman–Crippen LogP) is 3.28. The molecule has 0 bridgehead atoms. The van der Waals surface area contributed by atoms with Crippen LogP contribution in [0.3, 0.4) is 0 Å². The average molecular weight is 387 g/mol. The molecule has 4 rings (SSSR count). The molecule has 3 fully saturated rings. The lowest BCUT2D eigenvalue weighted by Gasteiger charge is -2.35. The molecule has 0 unspecified atom stereocenters. The predicted molar refractivity (Wildman–Crippen MR) is 110 cm³/mol. The lowest BCUT2D eigenvalue weighted by Crippen LogP contribution is -2.54. The normalized spacial score (nSPS) is 21.7. The Morgan fingerprint density at radius 2 is 1.68 bits per heavy atom. The van der Waals surface area contributed by atoms with Crippen molar-refractivity contribution in [3.05, 3.63) is 23.0 Å². The van der Waals surface area contributed by atoms with Crippen LogP contribution in [0.2, 0.25) is 0 Å². The highest BCUT2D eigenvalue weighted by Crippen LogP contribution is 2.38. The van der Waals surface area contributed by atoms with E-state index in [-0.39, 0.29) is 11.8 Å². The van der Waals surface area contributed by atoms with E-state index < -0.39 is 0 Å². The number of aryl methyl sites for hydroxylation is 1. The number of nitrogens with zero attached hydrogens (tertiary/aromatic N) is 3. The van der Waals surface area contributed by atoms with Gasteiger partial charge in [0.15, 0.2) is 5.78 Å². The van der Waals surface area contributed by atoms with Gasteiger partial charge in [0, 0.05) is 55.2 Å². The van der Waals surface area contributed by atoms with Crippen LogP contribution in [-0.4, -0.2) is 64.9 Å². The van der Waals surface area contributed by atoms with Gasteiger partial charge in [0.25, 0.3) is 0 Å². The van der Waals surface area contributed by atoms with Crippen molar-refractivity contribution in [2.24, 2.45) is 0 Å². The molecule has 1 aliphatic heterocycles. The summed E-state index contributed by atoms with van der Waals surface area (Å²) < 4.78 is 2.33. The Bertz CT molecular complexity index is 723. The first-order valence-electron chi connectivity index (χ1n) is 11.0. The second kappa shape index (κ2) is 8.27. The van der Waals surface area contributed by atoms with Crippen LogP contribution < -0.4 is 5.32 Å². The molecule has 2 heterocycles. The number of amides is 2. The average Bonchev–Trinajstić information content (AvgIpc) is 3.47. The standard InChI is InChI=1S/C22H34N4O2/c1-16-14-20(17(2)26(16)19-8-9-19)21(27)15-24-10-12-25(13-11-24)22(28)23-18-6-4-3-5-7-18/h14,18-19H,3-13,15H2,1-2H3,(H,23,28). The minimum absolute atomic E-state index is 0.0749. The van der Waals surface area contributed by atoms with Crippen molar-refractivity contribution in [1.29, 1.82) is 0 Å². The van der Waals surface area contributed by atoms with E-state index in [1.807, 2.05) is 4.90 Å². The third kappa shape index (κ3) is 4.27. The summed E-state index contributed by atoms with van der Waals surface area (Å²) in [6, 6.07) is 3.09. The van der Waals surface area contributed by atoms with E-state index in [9.17, 15) is 9.59 Å². The van der Waals surface area contributed by atoms with Crippen molar-refractivity contribution in [2.45, 2.75) is 70.9 Å². The van der Waals surface area contributed by atoms with Gasteiger partial charge in [-0.05, 0) is 45.6 Å². The molecule has 6 nitrogen and oxygen atoms in total. The van der Waals surface area contributed by atoms with Crippen molar-refractivity contribution < 1.29 is 9.59 Å². The first-order valence-corrected chi connectivity index (χ1v) is 11.0. The molecule has 2 saturated carbocycles. The number of piperazine rings is 1. The van der Waals surface area contributed by atoms with Crippen LogP contribution in [0.1, 0.15) is 72.7 Å². The lowest BCUT2D eigenvalue weighted by atomic mass is 9.96. The van der Waals surface area contributed by atoms with E-state index in [0.29, 0.717) is 31.7 Å². The first kappa shape index (κ1) is 19.5.